The van der Waals surface area contributed by atoms with Crippen molar-refractivity contribution in [2.45, 2.75) is 18.9 Å². The zero-order valence-corrected chi connectivity index (χ0v) is 6.28. The van der Waals surface area contributed by atoms with Crippen molar-refractivity contribution < 1.29 is 19.4 Å². The van der Waals surface area contributed by atoms with Crippen LogP contribution < -0.4 is 0 Å². The van der Waals surface area contributed by atoms with E-state index in [1.165, 1.54) is 0 Å². The fourth-order valence-corrected chi connectivity index (χ4v) is 1.01. The maximum Gasteiger partial charge on any atom is 0.331 e. The summed E-state index contributed by atoms with van der Waals surface area (Å²) in [6.07, 6.45) is 2.02. The van der Waals surface area contributed by atoms with Gasteiger partial charge in [-0.05, 0) is 12.8 Å². The highest BCUT2D eigenvalue weighted by atomic mass is 16.6. The maximum atomic E-state index is 10.4. The molecule has 1 aliphatic heterocycles. The summed E-state index contributed by atoms with van der Waals surface area (Å²) >= 11 is 0. The molecule has 0 bridgehead atoms. The van der Waals surface area contributed by atoms with Crippen LogP contribution in [-0.4, -0.2) is 37.0 Å². The van der Waals surface area contributed by atoms with Gasteiger partial charge in [0.05, 0.1) is 6.10 Å². The molecule has 1 saturated heterocycles. The zero-order chi connectivity index (χ0) is 8.10. The summed E-state index contributed by atoms with van der Waals surface area (Å²) in [6, 6.07) is 0. The van der Waals surface area contributed by atoms with Crippen LogP contribution in [0, 0.1) is 0 Å². The summed E-state index contributed by atoms with van der Waals surface area (Å²) < 4.78 is 9.85. The fourth-order valence-electron chi connectivity index (χ4n) is 1.01. The number of esters is 1. The van der Waals surface area contributed by atoms with E-state index in [4.69, 9.17) is 9.84 Å². The van der Waals surface area contributed by atoms with Crippen LogP contribution in [0.2, 0.25) is 0 Å². The van der Waals surface area contributed by atoms with E-state index in [1.807, 2.05) is 0 Å². The molecule has 0 aromatic carbocycles. The molecule has 4 heteroatoms. The molecule has 64 valence electrons. The average Bonchev–Trinajstić information content (AvgIpc) is 2.52. The lowest BCUT2D eigenvalue weighted by molar-refractivity contribution is -0.150. The Hall–Kier alpha value is -0.610. The Labute approximate surface area is 65.1 Å². The number of carbonyl (C=O) groups is 1. The summed E-state index contributed by atoms with van der Waals surface area (Å²) in [5.41, 5.74) is 0. The minimum absolute atomic E-state index is 0.0468. The summed E-state index contributed by atoms with van der Waals surface area (Å²) in [7, 11) is 0. The lowest BCUT2D eigenvalue weighted by Crippen LogP contribution is -2.19. The molecule has 0 saturated carbocycles. The van der Waals surface area contributed by atoms with E-state index < -0.39 is 12.6 Å². The van der Waals surface area contributed by atoms with Crippen LogP contribution in [0.15, 0.2) is 0 Å². The number of ether oxygens (including phenoxy) is 2. The first kappa shape index (κ1) is 8.49. The molecular weight excluding hydrogens is 148 g/mol. The molecule has 1 aliphatic rings. The predicted molar refractivity (Wildman–Crippen MR) is 37.0 cm³/mol. The molecule has 0 spiro atoms. The van der Waals surface area contributed by atoms with Crippen LogP contribution in [0.5, 0.6) is 0 Å². The molecule has 1 fully saturated rings. The minimum atomic E-state index is -0.583. The Morgan fingerprint density at radius 2 is 2.55 bits per heavy atom. The molecule has 1 heterocycles. The van der Waals surface area contributed by atoms with Crippen molar-refractivity contribution in [2.24, 2.45) is 0 Å². The number of carbonyl (C=O) groups excluding carboxylic acids is 1. The average molecular weight is 160 g/mol. The first-order chi connectivity index (χ1) is 5.33. The van der Waals surface area contributed by atoms with Crippen molar-refractivity contribution in [1.82, 2.24) is 0 Å². The quantitative estimate of drug-likeness (QED) is 0.576. The Bertz CT molecular complexity index is 128. The van der Waals surface area contributed by atoms with E-state index >= 15 is 0 Å². The Kier molecular flexibility index (Phi) is 3.32. The van der Waals surface area contributed by atoms with E-state index in [0.29, 0.717) is 0 Å². The van der Waals surface area contributed by atoms with E-state index in [0.717, 1.165) is 19.4 Å². The van der Waals surface area contributed by atoms with Crippen molar-refractivity contribution >= 4 is 5.97 Å². The normalized spacial score (nSPS) is 23.5. The molecule has 4 nitrogen and oxygen atoms in total. The summed E-state index contributed by atoms with van der Waals surface area (Å²) in [4.78, 5) is 10.4. The van der Waals surface area contributed by atoms with Gasteiger partial charge >= 0.3 is 5.97 Å². The lowest BCUT2D eigenvalue weighted by Gasteiger charge is -2.08. The molecule has 0 aliphatic carbocycles. The van der Waals surface area contributed by atoms with E-state index in [2.05, 4.69) is 4.74 Å². The topological polar surface area (TPSA) is 55.8 Å². The van der Waals surface area contributed by atoms with Crippen LogP contribution in [0.3, 0.4) is 0 Å². The molecule has 0 radical (unpaired) electrons. The van der Waals surface area contributed by atoms with Crippen molar-refractivity contribution in [3.63, 3.8) is 0 Å². The highest BCUT2D eigenvalue weighted by Gasteiger charge is 2.16. The number of hydrogen-bond donors (Lipinski definition) is 1. The SMILES string of the molecule is O=C(CO)OCC1CCCO1. The Balaban J connectivity index is 2.06. The minimum Gasteiger partial charge on any atom is -0.461 e. The Morgan fingerprint density at radius 1 is 1.73 bits per heavy atom. The van der Waals surface area contributed by atoms with Gasteiger partial charge in [0.25, 0.3) is 0 Å². The number of aliphatic hydroxyl groups is 1. The van der Waals surface area contributed by atoms with Crippen LogP contribution in [0.1, 0.15) is 12.8 Å². The smallest absolute Gasteiger partial charge is 0.331 e. The van der Waals surface area contributed by atoms with Crippen molar-refractivity contribution in [3.8, 4) is 0 Å². The summed E-state index contributed by atoms with van der Waals surface area (Å²) in [5, 5.41) is 8.29. The molecule has 1 N–H and O–H groups in total. The second-order valence-corrected chi connectivity index (χ2v) is 2.48. The lowest BCUT2D eigenvalue weighted by atomic mass is 10.2. The summed E-state index contributed by atoms with van der Waals surface area (Å²) in [5.74, 6) is -0.583. The van der Waals surface area contributed by atoms with E-state index in [9.17, 15) is 4.79 Å². The van der Waals surface area contributed by atoms with Gasteiger partial charge in [-0.1, -0.05) is 0 Å². The van der Waals surface area contributed by atoms with Gasteiger partial charge in [0.1, 0.15) is 13.2 Å². The molecule has 1 unspecified atom stereocenters. The third-order valence-corrected chi connectivity index (χ3v) is 1.58. The standard InChI is InChI=1S/C7H12O4/c8-4-7(9)11-5-6-2-1-3-10-6/h6,8H,1-5H2. The van der Waals surface area contributed by atoms with Gasteiger partial charge in [-0.2, -0.15) is 0 Å². The third kappa shape index (κ3) is 2.86. The maximum absolute atomic E-state index is 10.4. The number of hydrogen-bond acceptors (Lipinski definition) is 4. The second-order valence-electron chi connectivity index (χ2n) is 2.48. The van der Waals surface area contributed by atoms with Gasteiger partial charge in [-0.3, -0.25) is 0 Å². The van der Waals surface area contributed by atoms with Crippen LogP contribution in [0.25, 0.3) is 0 Å². The highest BCUT2D eigenvalue weighted by Crippen LogP contribution is 2.11. The van der Waals surface area contributed by atoms with Crippen LogP contribution in [-0.2, 0) is 14.3 Å². The van der Waals surface area contributed by atoms with Crippen LogP contribution in [0.4, 0.5) is 0 Å². The largest absolute Gasteiger partial charge is 0.461 e. The van der Waals surface area contributed by atoms with Crippen molar-refractivity contribution in [3.05, 3.63) is 0 Å². The van der Waals surface area contributed by atoms with Gasteiger partial charge < -0.3 is 14.6 Å². The molecule has 0 aromatic heterocycles. The van der Waals surface area contributed by atoms with Crippen molar-refractivity contribution in [2.75, 3.05) is 19.8 Å². The molecule has 0 amide bonds. The highest BCUT2D eigenvalue weighted by molar-refractivity contribution is 5.70. The third-order valence-electron chi connectivity index (χ3n) is 1.58. The molecule has 0 aromatic rings. The second kappa shape index (κ2) is 4.31. The van der Waals surface area contributed by atoms with Gasteiger partial charge in [0.2, 0.25) is 0 Å². The zero-order valence-electron chi connectivity index (χ0n) is 6.28. The number of aliphatic hydroxyl groups excluding tert-OH is 1. The van der Waals surface area contributed by atoms with E-state index in [-0.39, 0.29) is 12.7 Å². The molecule has 1 atom stereocenters. The van der Waals surface area contributed by atoms with Gasteiger partial charge in [0, 0.05) is 6.61 Å². The van der Waals surface area contributed by atoms with E-state index in [1.54, 1.807) is 0 Å². The number of rotatable bonds is 3. The van der Waals surface area contributed by atoms with Gasteiger partial charge in [-0.15, -0.1) is 0 Å². The van der Waals surface area contributed by atoms with Gasteiger partial charge in [-0.25, -0.2) is 4.79 Å². The van der Waals surface area contributed by atoms with Crippen molar-refractivity contribution in [1.29, 1.82) is 0 Å². The predicted octanol–water partition coefficient (Wildman–Crippen LogP) is -0.299. The molecule has 11 heavy (non-hydrogen) atoms. The molecule has 1 rings (SSSR count). The fraction of sp³-hybridized carbons (Fsp3) is 0.857. The summed E-state index contributed by atoms with van der Waals surface area (Å²) in [6.45, 7) is 0.480. The first-order valence-electron chi connectivity index (χ1n) is 3.71. The first-order valence-corrected chi connectivity index (χ1v) is 3.71. The monoisotopic (exact) mass is 160 g/mol. The Morgan fingerprint density at radius 3 is 3.09 bits per heavy atom. The van der Waals surface area contributed by atoms with Gasteiger partial charge in [0.15, 0.2) is 0 Å². The van der Waals surface area contributed by atoms with Crippen LogP contribution >= 0.6 is 0 Å². The molecular formula is C7H12O4.